The van der Waals surface area contributed by atoms with Crippen molar-refractivity contribution in [3.05, 3.63) is 22.4 Å². The Labute approximate surface area is 144 Å². The van der Waals surface area contributed by atoms with Gasteiger partial charge in [0.25, 0.3) is 0 Å². The first-order chi connectivity index (χ1) is 10.8. The summed E-state index contributed by atoms with van der Waals surface area (Å²) in [7, 11) is 0. The topological polar surface area (TPSA) is 55.3 Å². The number of ether oxygens (including phenoxy) is 1. The molecule has 7 heteroatoms. The van der Waals surface area contributed by atoms with Crippen LogP contribution in [-0.4, -0.2) is 39.7 Å². The van der Waals surface area contributed by atoms with E-state index in [1.165, 1.54) is 11.2 Å². The van der Waals surface area contributed by atoms with Gasteiger partial charge in [0, 0.05) is 18.0 Å². The molecule has 0 unspecified atom stereocenters. The highest BCUT2D eigenvalue weighted by molar-refractivity contribution is 7.19. The number of likely N-dealkylation sites (tertiary alicyclic amines) is 1. The average molecular weight is 354 g/mol. The van der Waals surface area contributed by atoms with Crippen molar-refractivity contribution in [3.8, 4) is 0 Å². The normalized spacial score (nSPS) is 16.8. The molecule has 0 N–H and O–H groups in total. The zero-order chi connectivity index (χ0) is 16.6. The molecule has 0 aromatic carbocycles. The number of nitrogens with zero attached hydrogens (tertiary/aromatic N) is 3. The number of halogens is 1. The number of amides is 1. The molecule has 2 aromatic heterocycles. The number of fused-ring (bicyclic) bond motifs is 1. The maximum absolute atomic E-state index is 12.1. The van der Waals surface area contributed by atoms with Crippen LogP contribution in [0.1, 0.15) is 44.4 Å². The van der Waals surface area contributed by atoms with E-state index in [0.29, 0.717) is 24.2 Å². The molecule has 1 aliphatic rings. The summed E-state index contributed by atoms with van der Waals surface area (Å²) in [4.78, 5) is 23.5. The molecule has 3 heterocycles. The standard InChI is InChI=1S/C16H20ClN3O2S/c1-16(2,3)22-15(21)20-6-4-10(5-7-20)12-8-11-13(23-12)14(17)19-9-18-11/h8-10H,4-7H2,1-3H3. The number of carbonyl (C=O) groups is 1. The number of rotatable bonds is 1. The van der Waals surface area contributed by atoms with Gasteiger partial charge in [0.15, 0.2) is 0 Å². The predicted molar refractivity (Wildman–Crippen MR) is 92.2 cm³/mol. The van der Waals surface area contributed by atoms with Crippen LogP contribution < -0.4 is 0 Å². The Balaban J connectivity index is 1.66. The van der Waals surface area contributed by atoms with Gasteiger partial charge in [-0.3, -0.25) is 0 Å². The van der Waals surface area contributed by atoms with Crippen molar-refractivity contribution in [3.63, 3.8) is 0 Å². The van der Waals surface area contributed by atoms with Crippen LogP contribution in [0.4, 0.5) is 4.79 Å². The smallest absolute Gasteiger partial charge is 0.410 e. The summed E-state index contributed by atoms with van der Waals surface area (Å²) in [6.07, 6.45) is 3.13. The zero-order valence-corrected chi connectivity index (χ0v) is 15.1. The van der Waals surface area contributed by atoms with E-state index >= 15 is 0 Å². The van der Waals surface area contributed by atoms with E-state index < -0.39 is 5.60 Å². The van der Waals surface area contributed by atoms with Gasteiger partial charge >= 0.3 is 6.09 Å². The quantitative estimate of drug-likeness (QED) is 0.710. The molecule has 124 valence electrons. The zero-order valence-electron chi connectivity index (χ0n) is 13.5. The van der Waals surface area contributed by atoms with Crippen molar-refractivity contribution in [2.45, 2.75) is 45.1 Å². The van der Waals surface area contributed by atoms with E-state index in [0.717, 1.165) is 23.1 Å². The van der Waals surface area contributed by atoms with Crippen molar-refractivity contribution in [1.82, 2.24) is 14.9 Å². The van der Waals surface area contributed by atoms with E-state index in [1.807, 2.05) is 20.8 Å². The Bertz CT molecular complexity index is 718. The molecule has 3 rings (SSSR count). The minimum atomic E-state index is -0.450. The Kier molecular flexibility index (Phi) is 4.47. The van der Waals surface area contributed by atoms with E-state index in [4.69, 9.17) is 16.3 Å². The molecule has 1 fully saturated rings. The summed E-state index contributed by atoms with van der Waals surface area (Å²) in [5.74, 6) is 0.434. The lowest BCUT2D eigenvalue weighted by Crippen LogP contribution is -2.41. The lowest BCUT2D eigenvalue weighted by Gasteiger charge is -2.33. The number of carbonyl (C=O) groups excluding carboxylic acids is 1. The monoisotopic (exact) mass is 353 g/mol. The molecule has 5 nitrogen and oxygen atoms in total. The third-order valence-electron chi connectivity index (χ3n) is 3.84. The summed E-state index contributed by atoms with van der Waals surface area (Å²) in [6, 6.07) is 2.10. The Hall–Kier alpha value is -1.40. The molecule has 0 spiro atoms. The SMILES string of the molecule is CC(C)(C)OC(=O)N1CCC(c2cc3ncnc(Cl)c3s2)CC1. The molecular weight excluding hydrogens is 334 g/mol. The summed E-state index contributed by atoms with van der Waals surface area (Å²) in [5.41, 5.74) is 0.453. The van der Waals surface area contributed by atoms with Gasteiger partial charge in [-0.2, -0.15) is 0 Å². The summed E-state index contributed by atoms with van der Waals surface area (Å²) >= 11 is 7.78. The lowest BCUT2D eigenvalue weighted by atomic mass is 9.95. The number of thiophene rings is 1. The highest BCUT2D eigenvalue weighted by Gasteiger charge is 2.28. The van der Waals surface area contributed by atoms with Gasteiger partial charge in [-0.25, -0.2) is 14.8 Å². The summed E-state index contributed by atoms with van der Waals surface area (Å²) < 4.78 is 6.38. The van der Waals surface area contributed by atoms with Crippen LogP contribution in [0.15, 0.2) is 12.4 Å². The van der Waals surface area contributed by atoms with Gasteiger partial charge in [-0.05, 0) is 45.6 Å². The van der Waals surface area contributed by atoms with Crippen LogP contribution in [0.2, 0.25) is 5.15 Å². The first-order valence-corrected chi connectivity index (χ1v) is 8.91. The van der Waals surface area contributed by atoms with Crippen molar-refractivity contribution in [2.24, 2.45) is 0 Å². The second-order valence-corrected chi connectivity index (χ2v) is 8.21. The van der Waals surface area contributed by atoms with Crippen molar-refractivity contribution < 1.29 is 9.53 Å². The number of hydrogen-bond donors (Lipinski definition) is 0. The summed E-state index contributed by atoms with van der Waals surface area (Å²) in [5, 5.41) is 0.512. The largest absolute Gasteiger partial charge is 0.444 e. The third-order valence-corrected chi connectivity index (χ3v) is 5.53. The number of hydrogen-bond acceptors (Lipinski definition) is 5. The van der Waals surface area contributed by atoms with Crippen LogP contribution in [0.5, 0.6) is 0 Å². The molecule has 23 heavy (non-hydrogen) atoms. The highest BCUT2D eigenvalue weighted by atomic mass is 35.5. The molecule has 1 saturated heterocycles. The van der Waals surface area contributed by atoms with Gasteiger partial charge in [0.1, 0.15) is 17.1 Å². The molecule has 0 bridgehead atoms. The Morgan fingerprint density at radius 3 is 2.65 bits per heavy atom. The van der Waals surface area contributed by atoms with E-state index in [1.54, 1.807) is 16.2 Å². The third kappa shape index (κ3) is 3.75. The molecule has 0 saturated carbocycles. The van der Waals surface area contributed by atoms with E-state index in [2.05, 4.69) is 16.0 Å². The highest BCUT2D eigenvalue weighted by Crippen LogP contribution is 2.37. The fourth-order valence-corrected chi connectivity index (χ4v) is 4.14. The minimum absolute atomic E-state index is 0.221. The van der Waals surface area contributed by atoms with Crippen molar-refractivity contribution >= 4 is 39.2 Å². The van der Waals surface area contributed by atoms with Crippen LogP contribution in [0.3, 0.4) is 0 Å². The molecule has 1 aliphatic heterocycles. The molecule has 1 amide bonds. The van der Waals surface area contributed by atoms with Crippen LogP contribution in [0, 0.1) is 0 Å². The van der Waals surface area contributed by atoms with Crippen molar-refractivity contribution in [2.75, 3.05) is 13.1 Å². The fraction of sp³-hybridized carbons (Fsp3) is 0.562. The first kappa shape index (κ1) is 16.5. The second kappa shape index (κ2) is 6.24. The van der Waals surface area contributed by atoms with Gasteiger partial charge in [0.2, 0.25) is 0 Å². The predicted octanol–water partition coefficient (Wildman–Crippen LogP) is 4.46. The molecule has 2 aromatic rings. The average Bonchev–Trinajstić information content (AvgIpc) is 2.91. The van der Waals surface area contributed by atoms with Gasteiger partial charge in [0.05, 0.1) is 10.2 Å². The van der Waals surface area contributed by atoms with Gasteiger partial charge in [-0.1, -0.05) is 11.6 Å². The number of piperidine rings is 1. The van der Waals surface area contributed by atoms with Crippen LogP contribution >= 0.6 is 22.9 Å². The maximum atomic E-state index is 12.1. The summed E-state index contributed by atoms with van der Waals surface area (Å²) in [6.45, 7) is 7.10. The van der Waals surface area contributed by atoms with Crippen LogP contribution in [0.25, 0.3) is 10.2 Å². The first-order valence-electron chi connectivity index (χ1n) is 7.71. The van der Waals surface area contributed by atoms with Crippen LogP contribution in [-0.2, 0) is 4.74 Å². The van der Waals surface area contributed by atoms with Gasteiger partial charge in [-0.15, -0.1) is 11.3 Å². The molecule has 0 aliphatic carbocycles. The van der Waals surface area contributed by atoms with E-state index in [-0.39, 0.29) is 6.09 Å². The molecule has 0 radical (unpaired) electrons. The minimum Gasteiger partial charge on any atom is -0.444 e. The molecular formula is C16H20ClN3O2S. The van der Waals surface area contributed by atoms with Crippen molar-refractivity contribution in [1.29, 1.82) is 0 Å². The van der Waals surface area contributed by atoms with Gasteiger partial charge < -0.3 is 9.64 Å². The lowest BCUT2D eigenvalue weighted by molar-refractivity contribution is 0.0205. The Morgan fingerprint density at radius 2 is 2.04 bits per heavy atom. The fourth-order valence-electron chi connectivity index (χ4n) is 2.72. The maximum Gasteiger partial charge on any atom is 0.410 e. The van der Waals surface area contributed by atoms with E-state index in [9.17, 15) is 4.79 Å². The number of aromatic nitrogens is 2. The Morgan fingerprint density at radius 1 is 1.35 bits per heavy atom. The molecule has 0 atom stereocenters. The second-order valence-electron chi connectivity index (χ2n) is 6.77.